The number of aromatic nitrogens is 4. The highest BCUT2D eigenvalue weighted by Gasteiger charge is 2.26. The maximum atomic E-state index is 5.38. The molecule has 0 aliphatic carbocycles. The van der Waals surface area contributed by atoms with Gasteiger partial charge in [-0.15, -0.1) is 11.3 Å². The molecular weight excluding hydrogens is 322 g/mol. The first-order valence-electron chi connectivity index (χ1n) is 8.15. The van der Waals surface area contributed by atoms with Crippen LogP contribution in [0.4, 0.5) is 0 Å². The van der Waals surface area contributed by atoms with Crippen LogP contribution in [0.2, 0.25) is 0 Å². The largest absolute Gasteiger partial charge is 0.332 e. The van der Waals surface area contributed by atoms with Crippen LogP contribution >= 0.6 is 11.3 Å². The first-order valence-corrected chi connectivity index (χ1v) is 9.03. The third kappa shape index (κ3) is 3.22. The van der Waals surface area contributed by atoms with Crippen molar-refractivity contribution in [2.75, 3.05) is 13.1 Å². The second kappa shape index (κ2) is 6.78. The summed E-state index contributed by atoms with van der Waals surface area (Å²) in [7, 11) is 0. The van der Waals surface area contributed by atoms with Crippen molar-refractivity contribution in [1.82, 2.24) is 25.0 Å². The number of likely N-dealkylation sites (tertiary alicyclic amines) is 1. The molecule has 124 valence electrons. The van der Waals surface area contributed by atoms with Gasteiger partial charge in [0.2, 0.25) is 0 Å². The van der Waals surface area contributed by atoms with Crippen LogP contribution < -0.4 is 0 Å². The van der Waals surface area contributed by atoms with Gasteiger partial charge in [0, 0.05) is 36.3 Å². The molecule has 6 nitrogen and oxygen atoms in total. The molecule has 0 amide bonds. The molecule has 1 aliphatic heterocycles. The number of hydrogen-bond acceptors (Lipinski definition) is 7. The zero-order chi connectivity index (χ0) is 16.4. The molecule has 1 unspecified atom stereocenters. The van der Waals surface area contributed by atoms with Gasteiger partial charge in [0.1, 0.15) is 5.69 Å². The van der Waals surface area contributed by atoms with Gasteiger partial charge in [0.25, 0.3) is 5.89 Å². The molecule has 0 bridgehead atoms. The Morgan fingerprint density at radius 2 is 2.33 bits per heavy atom. The number of piperidine rings is 1. The lowest BCUT2D eigenvalue weighted by molar-refractivity contribution is 0.196. The van der Waals surface area contributed by atoms with Crippen LogP contribution in [0.1, 0.15) is 35.0 Å². The second-order valence-corrected chi connectivity index (χ2v) is 7.15. The number of hydrogen-bond donors (Lipinski definition) is 0. The topological polar surface area (TPSA) is 67.9 Å². The van der Waals surface area contributed by atoms with Crippen LogP contribution in [-0.2, 0) is 6.54 Å². The molecule has 3 aromatic rings. The molecule has 1 fully saturated rings. The lowest BCUT2D eigenvalue weighted by atomic mass is 9.97. The predicted octanol–water partition coefficient (Wildman–Crippen LogP) is 3.28. The van der Waals surface area contributed by atoms with E-state index in [-0.39, 0.29) is 0 Å². The van der Waals surface area contributed by atoms with Crippen molar-refractivity contribution < 1.29 is 4.52 Å². The average Bonchev–Trinajstić information content (AvgIpc) is 3.26. The molecule has 1 saturated heterocycles. The highest BCUT2D eigenvalue weighted by molar-refractivity contribution is 7.10. The third-order valence-corrected chi connectivity index (χ3v) is 5.44. The molecule has 0 spiro atoms. The van der Waals surface area contributed by atoms with Gasteiger partial charge in [-0.3, -0.25) is 9.88 Å². The molecule has 0 radical (unpaired) electrons. The lowest BCUT2D eigenvalue weighted by Gasteiger charge is -2.31. The fourth-order valence-electron chi connectivity index (χ4n) is 3.09. The summed E-state index contributed by atoms with van der Waals surface area (Å²) >= 11 is 1.83. The number of nitrogens with zero attached hydrogens (tertiary/aromatic N) is 5. The van der Waals surface area contributed by atoms with E-state index in [0.29, 0.717) is 17.5 Å². The summed E-state index contributed by atoms with van der Waals surface area (Å²) in [5, 5.41) is 6.35. The normalized spacial score (nSPS) is 18.8. The van der Waals surface area contributed by atoms with E-state index >= 15 is 0 Å². The highest BCUT2D eigenvalue weighted by Crippen LogP contribution is 2.28. The molecule has 1 aliphatic rings. The Morgan fingerprint density at radius 1 is 1.38 bits per heavy atom. The second-order valence-electron chi connectivity index (χ2n) is 6.15. The van der Waals surface area contributed by atoms with Gasteiger partial charge in [0.15, 0.2) is 5.82 Å². The van der Waals surface area contributed by atoms with Gasteiger partial charge in [0.05, 0.1) is 6.20 Å². The summed E-state index contributed by atoms with van der Waals surface area (Å²) in [5.74, 6) is 1.54. The Labute approximate surface area is 144 Å². The van der Waals surface area contributed by atoms with Gasteiger partial charge >= 0.3 is 0 Å². The summed E-state index contributed by atoms with van der Waals surface area (Å²) < 4.78 is 5.38. The van der Waals surface area contributed by atoms with Crippen molar-refractivity contribution in [3.63, 3.8) is 0 Å². The fraction of sp³-hybridized carbons (Fsp3) is 0.412. The molecule has 24 heavy (non-hydrogen) atoms. The van der Waals surface area contributed by atoms with Crippen LogP contribution in [-0.4, -0.2) is 38.1 Å². The Kier molecular flexibility index (Phi) is 4.36. The van der Waals surface area contributed by atoms with Crippen LogP contribution in [0.5, 0.6) is 0 Å². The van der Waals surface area contributed by atoms with Crippen molar-refractivity contribution in [2.45, 2.75) is 32.2 Å². The van der Waals surface area contributed by atoms with Crippen molar-refractivity contribution >= 4 is 11.3 Å². The fourth-order valence-corrected chi connectivity index (χ4v) is 4.04. The van der Waals surface area contributed by atoms with Crippen molar-refractivity contribution in [3.8, 4) is 11.6 Å². The van der Waals surface area contributed by atoms with Gasteiger partial charge in [-0.2, -0.15) is 4.98 Å². The van der Waals surface area contributed by atoms with E-state index in [1.165, 1.54) is 10.4 Å². The third-order valence-electron chi connectivity index (χ3n) is 4.43. The molecule has 0 N–H and O–H groups in total. The molecule has 3 aromatic heterocycles. The average molecular weight is 341 g/mol. The standard InChI is InChI=1S/C17H19N5OS/c1-12-4-8-24-15(12)11-22-7-2-3-13(10-22)16-20-17(23-21-16)14-9-18-5-6-19-14/h4-6,8-9,13H,2-3,7,10-11H2,1H3. The van der Waals surface area contributed by atoms with Crippen LogP contribution in [0.15, 0.2) is 34.6 Å². The van der Waals surface area contributed by atoms with Crippen molar-refractivity contribution in [3.05, 3.63) is 46.3 Å². The van der Waals surface area contributed by atoms with Gasteiger partial charge in [-0.25, -0.2) is 4.98 Å². The van der Waals surface area contributed by atoms with E-state index in [2.05, 4.69) is 43.4 Å². The van der Waals surface area contributed by atoms with Crippen LogP contribution in [0.3, 0.4) is 0 Å². The van der Waals surface area contributed by atoms with E-state index in [0.717, 1.165) is 38.3 Å². The Hall–Kier alpha value is -2.12. The zero-order valence-electron chi connectivity index (χ0n) is 13.6. The quantitative estimate of drug-likeness (QED) is 0.725. The molecule has 7 heteroatoms. The van der Waals surface area contributed by atoms with E-state index < -0.39 is 0 Å². The number of rotatable bonds is 4. The van der Waals surface area contributed by atoms with Gasteiger partial charge < -0.3 is 4.52 Å². The van der Waals surface area contributed by atoms with Crippen LogP contribution in [0, 0.1) is 6.92 Å². The van der Waals surface area contributed by atoms with Gasteiger partial charge in [-0.1, -0.05) is 5.16 Å². The summed E-state index contributed by atoms with van der Waals surface area (Å²) in [6, 6.07) is 2.19. The van der Waals surface area contributed by atoms with Gasteiger partial charge in [-0.05, 0) is 43.3 Å². The monoisotopic (exact) mass is 341 g/mol. The molecular formula is C17H19N5OS. The predicted molar refractivity (Wildman–Crippen MR) is 91.6 cm³/mol. The summed E-state index contributed by atoms with van der Waals surface area (Å²) in [5.41, 5.74) is 2.00. The summed E-state index contributed by atoms with van der Waals surface area (Å²) in [4.78, 5) is 16.8. The molecule has 0 aromatic carbocycles. The molecule has 1 atom stereocenters. The highest BCUT2D eigenvalue weighted by atomic mass is 32.1. The van der Waals surface area contributed by atoms with Crippen LogP contribution in [0.25, 0.3) is 11.6 Å². The van der Waals surface area contributed by atoms with Crippen molar-refractivity contribution in [1.29, 1.82) is 0 Å². The Bertz CT molecular complexity index is 800. The Morgan fingerprint density at radius 3 is 3.12 bits per heavy atom. The minimum Gasteiger partial charge on any atom is -0.332 e. The van der Waals surface area contributed by atoms with E-state index in [1.807, 2.05) is 11.3 Å². The lowest BCUT2D eigenvalue weighted by Crippen LogP contribution is -2.34. The van der Waals surface area contributed by atoms with Crippen molar-refractivity contribution in [2.24, 2.45) is 0 Å². The maximum absolute atomic E-state index is 5.38. The first kappa shape index (κ1) is 15.4. The molecule has 4 rings (SSSR count). The Balaban J connectivity index is 1.46. The van der Waals surface area contributed by atoms with E-state index in [1.54, 1.807) is 18.6 Å². The summed E-state index contributed by atoms with van der Waals surface area (Å²) in [6.45, 7) is 5.29. The smallest absolute Gasteiger partial charge is 0.278 e. The summed E-state index contributed by atoms with van der Waals surface area (Å²) in [6.07, 6.45) is 7.16. The first-order chi connectivity index (χ1) is 11.8. The molecule has 4 heterocycles. The van der Waals surface area contributed by atoms with E-state index in [9.17, 15) is 0 Å². The minimum atomic E-state index is 0.313. The van der Waals surface area contributed by atoms with E-state index in [4.69, 9.17) is 4.52 Å². The zero-order valence-corrected chi connectivity index (χ0v) is 14.4. The molecule has 0 saturated carbocycles. The SMILES string of the molecule is Cc1ccsc1CN1CCCC(c2noc(-c3cnccn3)n2)C1. The number of thiophene rings is 1. The maximum Gasteiger partial charge on any atom is 0.278 e. The minimum absolute atomic E-state index is 0.313. The number of aryl methyl sites for hydroxylation is 1.